The summed E-state index contributed by atoms with van der Waals surface area (Å²) >= 11 is 2.71. The van der Waals surface area contributed by atoms with Crippen LogP contribution in [-0.4, -0.2) is 27.9 Å². The largest absolute Gasteiger partial charge is 0.374 e. The molecule has 0 aromatic carbocycles. The fourth-order valence-corrected chi connectivity index (χ4v) is 3.53. The number of amides is 1. The topological polar surface area (TPSA) is 80.9 Å². The molecule has 1 aromatic rings. The molecule has 1 saturated carbocycles. The van der Waals surface area contributed by atoms with Gasteiger partial charge in [-0.3, -0.25) is 4.79 Å². The first kappa shape index (κ1) is 13.6. The standard InChI is InChI=1S/C11H18N4OS2/c1-7-2-4-8(5-3-7)13-9(16)6-17-11-15-14-10(12)18-11/h7-8H,2-6H2,1H3,(H2,12,14)(H,13,16). The Morgan fingerprint density at radius 2 is 2.17 bits per heavy atom. The SMILES string of the molecule is CC1CCC(NC(=O)CSc2nnc(N)s2)CC1. The Hall–Kier alpha value is -0.820. The molecule has 100 valence electrons. The van der Waals surface area contributed by atoms with E-state index in [4.69, 9.17) is 5.73 Å². The van der Waals surface area contributed by atoms with Crippen molar-refractivity contribution in [1.82, 2.24) is 15.5 Å². The van der Waals surface area contributed by atoms with Crippen LogP contribution < -0.4 is 11.1 Å². The molecule has 0 radical (unpaired) electrons. The zero-order valence-electron chi connectivity index (χ0n) is 10.4. The minimum Gasteiger partial charge on any atom is -0.374 e. The maximum Gasteiger partial charge on any atom is 0.230 e. The number of hydrogen-bond acceptors (Lipinski definition) is 6. The fraction of sp³-hybridized carbons (Fsp3) is 0.727. The Morgan fingerprint density at radius 1 is 1.44 bits per heavy atom. The lowest BCUT2D eigenvalue weighted by Crippen LogP contribution is -2.38. The Labute approximate surface area is 115 Å². The van der Waals surface area contributed by atoms with E-state index in [1.165, 1.54) is 35.9 Å². The summed E-state index contributed by atoms with van der Waals surface area (Å²) in [5.74, 6) is 1.27. The first-order valence-electron chi connectivity index (χ1n) is 6.14. The van der Waals surface area contributed by atoms with Gasteiger partial charge >= 0.3 is 0 Å². The zero-order valence-corrected chi connectivity index (χ0v) is 12.0. The van der Waals surface area contributed by atoms with Crippen LogP contribution in [-0.2, 0) is 4.79 Å². The van der Waals surface area contributed by atoms with Crippen LogP contribution in [0.25, 0.3) is 0 Å². The molecule has 1 fully saturated rings. The Kier molecular flexibility index (Phi) is 4.82. The van der Waals surface area contributed by atoms with Crippen LogP contribution in [0.15, 0.2) is 4.34 Å². The monoisotopic (exact) mass is 286 g/mol. The lowest BCUT2D eigenvalue weighted by atomic mass is 9.87. The van der Waals surface area contributed by atoms with Gasteiger partial charge in [0.05, 0.1) is 5.75 Å². The molecule has 0 aliphatic heterocycles. The van der Waals surface area contributed by atoms with E-state index in [0.717, 1.165) is 23.1 Å². The van der Waals surface area contributed by atoms with Crippen LogP contribution in [0.5, 0.6) is 0 Å². The highest BCUT2D eigenvalue weighted by Gasteiger charge is 2.19. The van der Waals surface area contributed by atoms with E-state index in [2.05, 4.69) is 22.4 Å². The number of nitrogen functional groups attached to an aromatic ring is 1. The van der Waals surface area contributed by atoms with E-state index in [0.29, 0.717) is 16.9 Å². The minimum atomic E-state index is 0.0772. The van der Waals surface area contributed by atoms with Crippen molar-refractivity contribution >= 4 is 34.1 Å². The molecule has 1 aliphatic rings. The number of rotatable bonds is 4. The van der Waals surface area contributed by atoms with Crippen molar-refractivity contribution in [3.63, 3.8) is 0 Å². The molecular weight excluding hydrogens is 268 g/mol. The smallest absolute Gasteiger partial charge is 0.230 e. The third-order valence-corrected chi connectivity index (χ3v) is 5.02. The molecule has 2 rings (SSSR count). The molecule has 5 nitrogen and oxygen atoms in total. The van der Waals surface area contributed by atoms with Crippen molar-refractivity contribution in [2.75, 3.05) is 11.5 Å². The number of anilines is 1. The Balaban J connectivity index is 1.69. The van der Waals surface area contributed by atoms with Crippen molar-refractivity contribution in [1.29, 1.82) is 0 Å². The average Bonchev–Trinajstić information content (AvgIpc) is 2.76. The summed E-state index contributed by atoms with van der Waals surface area (Å²) < 4.78 is 0.750. The van der Waals surface area contributed by atoms with Gasteiger partial charge in [0.1, 0.15) is 0 Å². The van der Waals surface area contributed by atoms with Gasteiger partial charge in [0.2, 0.25) is 11.0 Å². The van der Waals surface area contributed by atoms with Gasteiger partial charge in [-0.1, -0.05) is 30.0 Å². The van der Waals surface area contributed by atoms with Crippen molar-refractivity contribution in [2.24, 2.45) is 5.92 Å². The van der Waals surface area contributed by atoms with E-state index >= 15 is 0 Å². The number of nitrogens with zero attached hydrogens (tertiary/aromatic N) is 2. The molecule has 1 heterocycles. The summed E-state index contributed by atoms with van der Waals surface area (Å²) in [6.07, 6.45) is 4.63. The molecule has 0 unspecified atom stereocenters. The summed E-state index contributed by atoms with van der Waals surface area (Å²) in [4.78, 5) is 11.8. The zero-order chi connectivity index (χ0) is 13.0. The summed E-state index contributed by atoms with van der Waals surface area (Å²) in [6, 6.07) is 0.355. The molecule has 18 heavy (non-hydrogen) atoms. The molecule has 3 N–H and O–H groups in total. The second-order valence-corrected chi connectivity index (χ2v) is 6.95. The molecule has 0 atom stereocenters. The maximum absolute atomic E-state index is 11.8. The summed E-state index contributed by atoms with van der Waals surface area (Å²) in [7, 11) is 0. The molecule has 0 spiro atoms. The van der Waals surface area contributed by atoms with E-state index in [9.17, 15) is 4.79 Å². The quantitative estimate of drug-likeness (QED) is 0.826. The molecule has 1 aromatic heterocycles. The summed E-state index contributed by atoms with van der Waals surface area (Å²) in [5, 5.41) is 11.1. The predicted octanol–water partition coefficient (Wildman–Crippen LogP) is 1.91. The highest BCUT2D eigenvalue weighted by molar-refractivity contribution is 8.01. The Morgan fingerprint density at radius 3 is 2.78 bits per heavy atom. The Bertz CT molecular complexity index is 402. The molecule has 7 heteroatoms. The van der Waals surface area contributed by atoms with Crippen LogP contribution in [0.3, 0.4) is 0 Å². The van der Waals surface area contributed by atoms with Gasteiger partial charge in [0, 0.05) is 6.04 Å². The second kappa shape index (κ2) is 6.38. The van der Waals surface area contributed by atoms with E-state index in [1.54, 1.807) is 0 Å². The number of hydrogen-bond donors (Lipinski definition) is 2. The van der Waals surface area contributed by atoms with Crippen LogP contribution >= 0.6 is 23.1 Å². The van der Waals surface area contributed by atoms with E-state index < -0.39 is 0 Å². The number of nitrogens with two attached hydrogens (primary N) is 1. The summed E-state index contributed by atoms with van der Waals surface area (Å²) in [5.41, 5.74) is 5.48. The third kappa shape index (κ3) is 4.13. The first-order chi connectivity index (χ1) is 8.63. The van der Waals surface area contributed by atoms with Crippen LogP contribution in [0, 0.1) is 5.92 Å². The van der Waals surface area contributed by atoms with Crippen molar-refractivity contribution < 1.29 is 4.79 Å². The van der Waals surface area contributed by atoms with Gasteiger partial charge in [-0.2, -0.15) is 0 Å². The lowest BCUT2D eigenvalue weighted by Gasteiger charge is -2.26. The molecule has 0 saturated heterocycles. The van der Waals surface area contributed by atoms with Crippen LogP contribution in [0.2, 0.25) is 0 Å². The van der Waals surface area contributed by atoms with Gasteiger partial charge in [0.15, 0.2) is 4.34 Å². The highest BCUT2D eigenvalue weighted by Crippen LogP contribution is 2.25. The first-order valence-corrected chi connectivity index (χ1v) is 7.95. The third-order valence-electron chi connectivity index (χ3n) is 3.13. The number of nitrogens with one attached hydrogen (secondary N) is 1. The van der Waals surface area contributed by atoms with Crippen molar-refractivity contribution in [3.8, 4) is 0 Å². The van der Waals surface area contributed by atoms with Gasteiger partial charge < -0.3 is 11.1 Å². The normalized spacial score (nSPS) is 23.8. The van der Waals surface area contributed by atoms with Crippen molar-refractivity contribution in [3.05, 3.63) is 0 Å². The molecule has 1 aliphatic carbocycles. The van der Waals surface area contributed by atoms with Gasteiger partial charge in [0.25, 0.3) is 0 Å². The van der Waals surface area contributed by atoms with Gasteiger partial charge in [-0.15, -0.1) is 10.2 Å². The maximum atomic E-state index is 11.8. The highest BCUT2D eigenvalue weighted by atomic mass is 32.2. The predicted molar refractivity (Wildman–Crippen MR) is 74.6 cm³/mol. The number of aromatic nitrogens is 2. The van der Waals surface area contributed by atoms with Crippen LogP contribution in [0.4, 0.5) is 5.13 Å². The number of carbonyl (C=O) groups excluding carboxylic acids is 1. The van der Waals surface area contributed by atoms with E-state index in [-0.39, 0.29) is 5.91 Å². The molecular formula is C11H18N4OS2. The number of thioether (sulfide) groups is 1. The molecule has 1 amide bonds. The van der Waals surface area contributed by atoms with Gasteiger partial charge in [-0.25, -0.2) is 0 Å². The molecule has 0 bridgehead atoms. The average molecular weight is 286 g/mol. The fourth-order valence-electron chi connectivity index (χ4n) is 2.08. The summed E-state index contributed by atoms with van der Waals surface area (Å²) in [6.45, 7) is 2.27. The lowest BCUT2D eigenvalue weighted by molar-refractivity contribution is -0.119. The minimum absolute atomic E-state index is 0.0772. The van der Waals surface area contributed by atoms with Crippen molar-refractivity contribution in [2.45, 2.75) is 43.0 Å². The second-order valence-electron chi connectivity index (χ2n) is 4.72. The van der Waals surface area contributed by atoms with Gasteiger partial charge in [-0.05, 0) is 31.6 Å². The van der Waals surface area contributed by atoms with Crippen LogP contribution in [0.1, 0.15) is 32.6 Å². The number of carbonyl (C=O) groups is 1. The van der Waals surface area contributed by atoms with E-state index in [1.807, 2.05) is 0 Å².